The van der Waals surface area contributed by atoms with Crippen molar-refractivity contribution in [2.45, 2.75) is 19.8 Å². The third-order valence-electron chi connectivity index (χ3n) is 3.53. The van der Waals surface area contributed by atoms with E-state index in [4.69, 9.17) is 5.11 Å². The fourth-order valence-corrected chi connectivity index (χ4v) is 2.72. The molecule has 1 N–H and O–H groups in total. The molecule has 1 unspecified atom stereocenters. The van der Waals surface area contributed by atoms with Gasteiger partial charge in [0.05, 0.1) is 0 Å². The van der Waals surface area contributed by atoms with Crippen LogP contribution in [0.15, 0.2) is 22.7 Å². The number of likely N-dealkylation sites (tertiary alicyclic amines) is 1. The average Bonchev–Trinajstić information content (AvgIpc) is 2.81. The quantitative estimate of drug-likeness (QED) is 0.932. The lowest BCUT2D eigenvalue weighted by Crippen LogP contribution is -2.28. The summed E-state index contributed by atoms with van der Waals surface area (Å²) in [6.45, 7) is 3.79. The van der Waals surface area contributed by atoms with Crippen LogP contribution in [-0.4, -0.2) is 35.6 Å². The molecule has 1 aliphatic heterocycles. The number of rotatable bonds is 3. The standard InChI is InChI=1S/C14H18BrNO2/c1-10-2-3-12(8-13(10)15)14(18)16-6-4-11(9-16)5-7-17/h2-3,8,11,17H,4-7,9H2,1H3. The third-order valence-corrected chi connectivity index (χ3v) is 4.38. The molecule has 0 spiro atoms. The molecule has 0 radical (unpaired) electrons. The summed E-state index contributed by atoms with van der Waals surface area (Å²) in [6.07, 6.45) is 1.79. The summed E-state index contributed by atoms with van der Waals surface area (Å²) >= 11 is 3.46. The Morgan fingerprint density at radius 2 is 2.33 bits per heavy atom. The first kappa shape index (κ1) is 13.6. The first-order valence-corrected chi connectivity index (χ1v) is 7.07. The van der Waals surface area contributed by atoms with Gasteiger partial charge in [-0.25, -0.2) is 0 Å². The SMILES string of the molecule is Cc1ccc(C(=O)N2CCC(CCO)C2)cc1Br. The molecule has 1 amide bonds. The summed E-state index contributed by atoms with van der Waals surface area (Å²) in [7, 11) is 0. The van der Waals surface area contributed by atoms with E-state index in [-0.39, 0.29) is 12.5 Å². The molecule has 1 heterocycles. The van der Waals surface area contributed by atoms with Gasteiger partial charge in [-0.05, 0) is 43.4 Å². The summed E-state index contributed by atoms with van der Waals surface area (Å²) < 4.78 is 0.972. The van der Waals surface area contributed by atoms with Crippen molar-refractivity contribution < 1.29 is 9.90 Å². The lowest BCUT2D eigenvalue weighted by Gasteiger charge is -2.17. The molecule has 1 aromatic rings. The van der Waals surface area contributed by atoms with E-state index in [1.165, 1.54) is 0 Å². The van der Waals surface area contributed by atoms with Gasteiger partial charge in [0.15, 0.2) is 0 Å². The minimum Gasteiger partial charge on any atom is -0.396 e. The second kappa shape index (κ2) is 5.85. The number of hydrogen-bond donors (Lipinski definition) is 1. The van der Waals surface area contributed by atoms with Crippen LogP contribution >= 0.6 is 15.9 Å². The number of aryl methyl sites for hydroxylation is 1. The molecule has 1 aliphatic rings. The van der Waals surface area contributed by atoms with E-state index < -0.39 is 0 Å². The van der Waals surface area contributed by atoms with Crippen molar-refractivity contribution in [1.29, 1.82) is 0 Å². The van der Waals surface area contributed by atoms with Gasteiger partial charge in [-0.2, -0.15) is 0 Å². The summed E-state index contributed by atoms with van der Waals surface area (Å²) in [5, 5.41) is 8.93. The van der Waals surface area contributed by atoms with Crippen LogP contribution < -0.4 is 0 Å². The zero-order valence-corrected chi connectivity index (χ0v) is 12.1. The van der Waals surface area contributed by atoms with Crippen molar-refractivity contribution in [3.8, 4) is 0 Å². The Hall–Kier alpha value is -0.870. The Morgan fingerprint density at radius 3 is 3.00 bits per heavy atom. The highest BCUT2D eigenvalue weighted by atomic mass is 79.9. The van der Waals surface area contributed by atoms with E-state index >= 15 is 0 Å². The first-order valence-electron chi connectivity index (χ1n) is 6.28. The van der Waals surface area contributed by atoms with Crippen LogP contribution in [0.25, 0.3) is 0 Å². The second-order valence-corrected chi connectivity index (χ2v) is 5.74. The van der Waals surface area contributed by atoms with Crippen molar-refractivity contribution in [3.05, 3.63) is 33.8 Å². The summed E-state index contributed by atoms with van der Waals surface area (Å²) in [5.41, 5.74) is 1.86. The molecular formula is C14H18BrNO2. The largest absolute Gasteiger partial charge is 0.396 e. The van der Waals surface area contributed by atoms with Gasteiger partial charge in [-0.1, -0.05) is 22.0 Å². The molecule has 0 aromatic heterocycles. The number of halogens is 1. The zero-order chi connectivity index (χ0) is 13.1. The van der Waals surface area contributed by atoms with E-state index in [9.17, 15) is 4.79 Å². The summed E-state index contributed by atoms with van der Waals surface area (Å²) in [4.78, 5) is 14.2. The maximum atomic E-state index is 12.3. The van der Waals surface area contributed by atoms with Crippen LogP contribution in [0.5, 0.6) is 0 Å². The molecule has 1 aromatic carbocycles. The lowest BCUT2D eigenvalue weighted by molar-refractivity contribution is 0.0784. The minimum atomic E-state index is 0.0936. The Balaban J connectivity index is 2.05. The van der Waals surface area contributed by atoms with E-state index in [1.807, 2.05) is 30.0 Å². The summed E-state index contributed by atoms with van der Waals surface area (Å²) in [5.74, 6) is 0.545. The number of nitrogens with zero attached hydrogens (tertiary/aromatic N) is 1. The van der Waals surface area contributed by atoms with Crippen LogP contribution in [0.4, 0.5) is 0 Å². The van der Waals surface area contributed by atoms with Crippen molar-refractivity contribution in [1.82, 2.24) is 4.90 Å². The lowest BCUT2D eigenvalue weighted by atomic mass is 10.1. The number of carbonyl (C=O) groups excluding carboxylic acids is 1. The van der Waals surface area contributed by atoms with Gasteiger partial charge < -0.3 is 10.0 Å². The molecule has 0 aliphatic carbocycles. The zero-order valence-electron chi connectivity index (χ0n) is 10.5. The van der Waals surface area contributed by atoms with Gasteiger partial charge in [-0.15, -0.1) is 0 Å². The Kier molecular flexibility index (Phi) is 4.40. The molecule has 1 fully saturated rings. The van der Waals surface area contributed by atoms with Crippen LogP contribution in [0.1, 0.15) is 28.8 Å². The minimum absolute atomic E-state index is 0.0936. The second-order valence-electron chi connectivity index (χ2n) is 4.88. The van der Waals surface area contributed by atoms with Crippen LogP contribution in [0.3, 0.4) is 0 Å². The number of aliphatic hydroxyl groups is 1. The molecule has 1 saturated heterocycles. The fraction of sp³-hybridized carbons (Fsp3) is 0.500. The number of benzene rings is 1. The van der Waals surface area contributed by atoms with Crippen molar-refractivity contribution in [2.75, 3.05) is 19.7 Å². The van der Waals surface area contributed by atoms with E-state index in [1.54, 1.807) is 0 Å². The molecule has 2 rings (SSSR count). The van der Waals surface area contributed by atoms with Gasteiger partial charge in [-0.3, -0.25) is 4.79 Å². The predicted molar refractivity (Wildman–Crippen MR) is 74.6 cm³/mol. The highest BCUT2D eigenvalue weighted by molar-refractivity contribution is 9.10. The van der Waals surface area contributed by atoms with Crippen molar-refractivity contribution in [2.24, 2.45) is 5.92 Å². The number of carbonyl (C=O) groups is 1. The number of hydrogen-bond acceptors (Lipinski definition) is 2. The Morgan fingerprint density at radius 1 is 1.56 bits per heavy atom. The molecule has 0 saturated carbocycles. The summed E-state index contributed by atoms with van der Waals surface area (Å²) in [6, 6.07) is 5.72. The third kappa shape index (κ3) is 2.93. The van der Waals surface area contributed by atoms with E-state index in [2.05, 4.69) is 15.9 Å². The molecule has 3 nitrogen and oxygen atoms in total. The Bertz CT molecular complexity index is 447. The molecule has 0 bridgehead atoms. The van der Waals surface area contributed by atoms with Gasteiger partial charge in [0.25, 0.3) is 5.91 Å². The molecule has 1 atom stereocenters. The first-order chi connectivity index (χ1) is 8.61. The fourth-order valence-electron chi connectivity index (χ4n) is 2.34. The van der Waals surface area contributed by atoms with Crippen LogP contribution in [-0.2, 0) is 0 Å². The van der Waals surface area contributed by atoms with Crippen molar-refractivity contribution >= 4 is 21.8 Å². The topological polar surface area (TPSA) is 40.5 Å². The Labute approximate surface area is 116 Å². The van der Waals surface area contributed by atoms with Gasteiger partial charge in [0, 0.05) is 29.7 Å². The normalized spacial score (nSPS) is 19.3. The van der Waals surface area contributed by atoms with Gasteiger partial charge >= 0.3 is 0 Å². The number of aliphatic hydroxyl groups excluding tert-OH is 1. The predicted octanol–water partition coefficient (Wildman–Crippen LogP) is 2.60. The van der Waals surface area contributed by atoms with Crippen LogP contribution in [0, 0.1) is 12.8 Å². The van der Waals surface area contributed by atoms with Crippen molar-refractivity contribution in [3.63, 3.8) is 0 Å². The van der Waals surface area contributed by atoms with E-state index in [0.717, 1.165) is 41.5 Å². The molecule has 98 valence electrons. The monoisotopic (exact) mass is 311 g/mol. The average molecular weight is 312 g/mol. The van der Waals surface area contributed by atoms with Gasteiger partial charge in [0.2, 0.25) is 0 Å². The highest BCUT2D eigenvalue weighted by Gasteiger charge is 2.26. The van der Waals surface area contributed by atoms with Crippen LogP contribution in [0.2, 0.25) is 0 Å². The molecular weight excluding hydrogens is 294 g/mol. The van der Waals surface area contributed by atoms with Gasteiger partial charge in [0.1, 0.15) is 0 Å². The molecule has 18 heavy (non-hydrogen) atoms. The van der Waals surface area contributed by atoms with E-state index in [0.29, 0.717) is 5.92 Å². The number of amides is 1. The highest BCUT2D eigenvalue weighted by Crippen LogP contribution is 2.23. The smallest absolute Gasteiger partial charge is 0.253 e. The molecule has 4 heteroatoms. The maximum Gasteiger partial charge on any atom is 0.253 e. The maximum absolute atomic E-state index is 12.3.